The van der Waals surface area contributed by atoms with E-state index in [0.717, 1.165) is 25.7 Å². The first kappa shape index (κ1) is 20.5. The van der Waals surface area contributed by atoms with Crippen LogP contribution in [-0.2, 0) is 0 Å². The number of alkyl halides is 1. The van der Waals surface area contributed by atoms with Crippen LogP contribution in [0.2, 0.25) is 0 Å². The van der Waals surface area contributed by atoms with Crippen molar-refractivity contribution in [3.8, 4) is 0 Å². The molecular formula is C22H26FN7O2. The molecule has 2 atom stereocenters. The van der Waals surface area contributed by atoms with Gasteiger partial charge in [0.05, 0.1) is 12.2 Å². The predicted octanol–water partition coefficient (Wildman–Crippen LogP) is 3.02. The molecule has 10 heteroatoms. The molecular weight excluding hydrogens is 413 g/mol. The number of amides is 1. The lowest BCUT2D eigenvalue weighted by Crippen LogP contribution is -2.27. The van der Waals surface area contributed by atoms with Gasteiger partial charge in [0.2, 0.25) is 0 Å². The number of carbonyl (C=O) groups is 1. The van der Waals surface area contributed by atoms with Crippen molar-refractivity contribution in [2.45, 2.75) is 56.8 Å². The van der Waals surface area contributed by atoms with Crippen molar-refractivity contribution < 1.29 is 9.18 Å². The van der Waals surface area contributed by atoms with Crippen LogP contribution in [0.5, 0.6) is 0 Å². The maximum Gasteiger partial charge on any atom is 0.274 e. The van der Waals surface area contributed by atoms with Gasteiger partial charge in [-0.15, -0.1) is 0 Å². The minimum Gasteiger partial charge on any atom is -0.373 e. The fraction of sp³-hybridized carbons (Fsp3) is 0.455. The fourth-order valence-electron chi connectivity index (χ4n) is 4.31. The maximum absolute atomic E-state index is 13.2. The Morgan fingerprint density at radius 2 is 2.03 bits per heavy atom. The van der Waals surface area contributed by atoms with E-state index in [9.17, 15) is 14.0 Å². The van der Waals surface area contributed by atoms with Crippen LogP contribution in [0, 0.1) is 0 Å². The molecule has 0 radical (unpaired) electrons. The zero-order chi connectivity index (χ0) is 22.2. The number of carbonyl (C=O) groups excluding carboxylic acids is 1. The van der Waals surface area contributed by atoms with E-state index in [0.29, 0.717) is 29.4 Å². The van der Waals surface area contributed by atoms with E-state index in [1.54, 1.807) is 23.7 Å². The first-order valence-corrected chi connectivity index (χ1v) is 11.0. The Bertz CT molecular complexity index is 1210. The van der Waals surface area contributed by atoms with Crippen molar-refractivity contribution >= 4 is 28.9 Å². The van der Waals surface area contributed by atoms with E-state index in [1.165, 1.54) is 17.1 Å². The van der Waals surface area contributed by atoms with Gasteiger partial charge in [-0.05, 0) is 25.0 Å². The Morgan fingerprint density at radius 3 is 2.75 bits per heavy atom. The lowest BCUT2D eigenvalue weighted by molar-refractivity contribution is 0.0949. The zero-order valence-corrected chi connectivity index (χ0v) is 17.8. The van der Waals surface area contributed by atoms with Crippen LogP contribution in [-0.4, -0.2) is 44.3 Å². The van der Waals surface area contributed by atoms with Gasteiger partial charge in [0.25, 0.3) is 11.5 Å². The van der Waals surface area contributed by atoms with Crippen LogP contribution in [0.4, 0.5) is 21.7 Å². The van der Waals surface area contributed by atoms with Crippen LogP contribution < -0.4 is 21.5 Å². The van der Waals surface area contributed by atoms with E-state index in [-0.39, 0.29) is 17.2 Å². The van der Waals surface area contributed by atoms with Crippen molar-refractivity contribution in [2.75, 3.05) is 17.7 Å². The number of halogens is 1. The van der Waals surface area contributed by atoms with Gasteiger partial charge in [-0.25, -0.2) is 9.37 Å². The van der Waals surface area contributed by atoms with Gasteiger partial charge in [-0.2, -0.15) is 9.61 Å². The van der Waals surface area contributed by atoms with Gasteiger partial charge >= 0.3 is 0 Å². The first-order chi connectivity index (χ1) is 15.5. The summed E-state index contributed by atoms with van der Waals surface area (Å²) in [4.78, 5) is 30.2. The van der Waals surface area contributed by atoms with Gasteiger partial charge in [0.15, 0.2) is 5.65 Å². The molecule has 2 fully saturated rings. The number of rotatable bonds is 6. The summed E-state index contributed by atoms with van der Waals surface area (Å²) < 4.78 is 16.5. The molecule has 2 aliphatic carbocycles. The first-order valence-electron chi connectivity index (χ1n) is 11.0. The summed E-state index contributed by atoms with van der Waals surface area (Å²) in [6.07, 6.45) is 8.08. The molecule has 2 saturated carbocycles. The highest BCUT2D eigenvalue weighted by Crippen LogP contribution is 2.28. The molecule has 0 spiro atoms. The van der Waals surface area contributed by atoms with Gasteiger partial charge < -0.3 is 20.5 Å². The zero-order valence-electron chi connectivity index (χ0n) is 17.8. The number of nitrogens with one attached hydrogen (secondary N) is 3. The average molecular weight is 439 g/mol. The molecule has 3 N–H and O–H groups in total. The summed E-state index contributed by atoms with van der Waals surface area (Å²) in [6, 6.07) is 5.07. The van der Waals surface area contributed by atoms with Gasteiger partial charge in [0.1, 0.15) is 29.1 Å². The molecule has 0 aromatic carbocycles. The molecule has 2 unspecified atom stereocenters. The van der Waals surface area contributed by atoms with Crippen LogP contribution in [0.1, 0.15) is 54.9 Å². The number of hydrogen-bond acceptors (Lipinski definition) is 6. The van der Waals surface area contributed by atoms with E-state index >= 15 is 0 Å². The van der Waals surface area contributed by atoms with Gasteiger partial charge in [-0.3, -0.25) is 9.59 Å². The molecule has 3 heterocycles. The van der Waals surface area contributed by atoms with E-state index in [4.69, 9.17) is 0 Å². The third-order valence-electron chi connectivity index (χ3n) is 6.21. The standard InChI is InChI=1S/C22H26FN7O2/c1-24-19-11-18(26-16-8-5-9-29(22(16)32)13-6-3-2-4-7-13)28-20-14(12-25-30(19)20)21(31)27-17-10-15(17)23/h5,8-9,11-13,15,17,24H,2-4,6-7,10H2,1H3,(H,26,28)(H,27,31). The quantitative estimate of drug-likeness (QED) is 0.545. The highest BCUT2D eigenvalue weighted by molar-refractivity contribution is 6.00. The summed E-state index contributed by atoms with van der Waals surface area (Å²) in [5, 5.41) is 13.0. The SMILES string of the molecule is CNc1cc(Nc2cccn(C3CCCCC3)c2=O)nc2c(C(=O)NC3CC3F)cnn12. The van der Waals surface area contributed by atoms with Crippen LogP contribution in [0.15, 0.2) is 35.4 Å². The molecule has 32 heavy (non-hydrogen) atoms. The van der Waals surface area contributed by atoms with Crippen LogP contribution in [0.3, 0.4) is 0 Å². The number of anilines is 3. The van der Waals surface area contributed by atoms with Crippen molar-refractivity contribution in [3.63, 3.8) is 0 Å². The summed E-state index contributed by atoms with van der Waals surface area (Å²) in [5.41, 5.74) is 0.885. The smallest absolute Gasteiger partial charge is 0.274 e. The third-order valence-corrected chi connectivity index (χ3v) is 6.21. The van der Waals surface area contributed by atoms with E-state index in [2.05, 4.69) is 26.0 Å². The second kappa shape index (κ2) is 8.25. The molecule has 0 bridgehead atoms. The fourth-order valence-corrected chi connectivity index (χ4v) is 4.31. The molecule has 9 nitrogen and oxygen atoms in total. The summed E-state index contributed by atoms with van der Waals surface area (Å²) in [6.45, 7) is 0. The molecule has 1 amide bonds. The van der Waals surface area contributed by atoms with Crippen molar-refractivity contribution in [1.29, 1.82) is 0 Å². The largest absolute Gasteiger partial charge is 0.373 e. The molecule has 3 aromatic heterocycles. The Hall–Kier alpha value is -3.43. The second-order valence-electron chi connectivity index (χ2n) is 8.45. The number of aromatic nitrogens is 4. The molecule has 0 aliphatic heterocycles. The Balaban J connectivity index is 1.47. The number of fused-ring (bicyclic) bond motifs is 1. The highest BCUT2D eigenvalue weighted by Gasteiger charge is 2.39. The monoisotopic (exact) mass is 439 g/mol. The lowest BCUT2D eigenvalue weighted by atomic mass is 9.95. The van der Waals surface area contributed by atoms with Gasteiger partial charge in [-0.1, -0.05) is 19.3 Å². The average Bonchev–Trinajstić information content (AvgIpc) is 3.32. The molecule has 5 rings (SSSR count). The minimum absolute atomic E-state index is 0.0960. The third kappa shape index (κ3) is 3.80. The molecule has 3 aromatic rings. The highest BCUT2D eigenvalue weighted by atomic mass is 19.1. The Kier molecular flexibility index (Phi) is 5.28. The summed E-state index contributed by atoms with van der Waals surface area (Å²) in [7, 11) is 1.73. The number of nitrogens with zero attached hydrogens (tertiary/aromatic N) is 4. The summed E-state index contributed by atoms with van der Waals surface area (Å²) in [5.74, 6) is 0.579. The maximum atomic E-state index is 13.2. The van der Waals surface area contributed by atoms with Crippen molar-refractivity contribution in [2.24, 2.45) is 0 Å². The van der Waals surface area contributed by atoms with Crippen molar-refractivity contribution in [1.82, 2.24) is 24.5 Å². The van der Waals surface area contributed by atoms with E-state index in [1.807, 2.05) is 12.3 Å². The Morgan fingerprint density at radius 1 is 1.25 bits per heavy atom. The second-order valence-corrected chi connectivity index (χ2v) is 8.45. The number of hydrogen-bond donors (Lipinski definition) is 3. The number of pyridine rings is 1. The van der Waals surface area contributed by atoms with E-state index < -0.39 is 18.1 Å². The predicted molar refractivity (Wildman–Crippen MR) is 119 cm³/mol. The van der Waals surface area contributed by atoms with Crippen molar-refractivity contribution in [3.05, 3.63) is 46.5 Å². The summed E-state index contributed by atoms with van der Waals surface area (Å²) >= 11 is 0. The normalized spacial score (nSPS) is 20.8. The minimum atomic E-state index is -0.997. The lowest BCUT2D eigenvalue weighted by Gasteiger charge is -2.24. The molecule has 2 aliphatic rings. The topological polar surface area (TPSA) is 105 Å². The molecule has 0 saturated heterocycles. The van der Waals surface area contributed by atoms with Crippen LogP contribution in [0.25, 0.3) is 5.65 Å². The molecule has 168 valence electrons. The van der Waals surface area contributed by atoms with Gasteiger partial charge in [0, 0.05) is 31.8 Å². The Labute approximate surface area is 184 Å². The van der Waals surface area contributed by atoms with Crippen LogP contribution >= 0.6 is 0 Å².